The van der Waals surface area contributed by atoms with Crippen LogP contribution in [0.5, 0.6) is 5.75 Å². The van der Waals surface area contributed by atoms with Gasteiger partial charge in [-0.25, -0.2) is 4.39 Å². The standard InChI is InChI=1S/C17H18FNO/c1-10-7-12(8-11(2)16(10)18)17(19)14-9-20-15-6-4-3-5-13(14)15/h3-8,14,17H,9,19H2,1-2H3. The summed E-state index contributed by atoms with van der Waals surface area (Å²) < 4.78 is 19.4. The Bertz CT molecular complexity index is 630. The zero-order chi connectivity index (χ0) is 14.3. The second-order valence-electron chi connectivity index (χ2n) is 5.45. The zero-order valence-corrected chi connectivity index (χ0v) is 11.7. The molecule has 1 aliphatic heterocycles. The molecule has 104 valence electrons. The minimum atomic E-state index is -0.184. The number of ether oxygens (including phenoxy) is 1. The molecule has 0 saturated heterocycles. The van der Waals surface area contributed by atoms with E-state index in [-0.39, 0.29) is 17.8 Å². The molecule has 0 saturated carbocycles. The molecule has 2 nitrogen and oxygen atoms in total. The van der Waals surface area contributed by atoms with Gasteiger partial charge in [0.1, 0.15) is 11.6 Å². The van der Waals surface area contributed by atoms with Gasteiger partial charge in [-0.15, -0.1) is 0 Å². The minimum Gasteiger partial charge on any atom is -0.493 e. The van der Waals surface area contributed by atoms with E-state index in [1.165, 1.54) is 0 Å². The van der Waals surface area contributed by atoms with Crippen LogP contribution in [0, 0.1) is 19.7 Å². The molecule has 0 aliphatic carbocycles. The molecule has 2 aromatic rings. The van der Waals surface area contributed by atoms with Crippen molar-refractivity contribution in [2.24, 2.45) is 5.73 Å². The largest absolute Gasteiger partial charge is 0.493 e. The molecule has 3 rings (SSSR count). The molecule has 2 atom stereocenters. The second kappa shape index (κ2) is 4.91. The molecule has 0 spiro atoms. The summed E-state index contributed by atoms with van der Waals surface area (Å²) in [5, 5.41) is 0. The summed E-state index contributed by atoms with van der Waals surface area (Å²) in [5.41, 5.74) is 9.79. The SMILES string of the molecule is Cc1cc(C(N)C2COc3ccccc32)cc(C)c1F. The van der Waals surface area contributed by atoms with Crippen molar-refractivity contribution in [3.8, 4) is 5.75 Å². The van der Waals surface area contributed by atoms with E-state index in [0.717, 1.165) is 16.9 Å². The first-order valence-corrected chi connectivity index (χ1v) is 6.82. The number of halogens is 1. The fraction of sp³-hybridized carbons (Fsp3) is 0.294. The zero-order valence-electron chi connectivity index (χ0n) is 11.7. The van der Waals surface area contributed by atoms with Crippen LogP contribution in [0.25, 0.3) is 0 Å². The van der Waals surface area contributed by atoms with Crippen LogP contribution in [0.15, 0.2) is 36.4 Å². The Morgan fingerprint density at radius 3 is 2.55 bits per heavy atom. The maximum Gasteiger partial charge on any atom is 0.129 e. The van der Waals surface area contributed by atoms with Crippen LogP contribution in [-0.2, 0) is 0 Å². The van der Waals surface area contributed by atoms with Crippen molar-refractivity contribution < 1.29 is 9.13 Å². The molecule has 2 N–H and O–H groups in total. The first kappa shape index (κ1) is 13.1. The molecule has 2 unspecified atom stereocenters. The van der Waals surface area contributed by atoms with Gasteiger partial charge in [0.15, 0.2) is 0 Å². The van der Waals surface area contributed by atoms with Crippen molar-refractivity contribution in [2.45, 2.75) is 25.8 Å². The highest BCUT2D eigenvalue weighted by Gasteiger charge is 2.30. The van der Waals surface area contributed by atoms with E-state index in [2.05, 4.69) is 6.07 Å². The molecule has 0 fully saturated rings. The van der Waals surface area contributed by atoms with Gasteiger partial charge < -0.3 is 10.5 Å². The van der Waals surface area contributed by atoms with Crippen molar-refractivity contribution in [3.05, 3.63) is 64.5 Å². The summed E-state index contributed by atoms with van der Waals surface area (Å²) in [5.74, 6) is 0.878. The third kappa shape index (κ3) is 2.08. The van der Waals surface area contributed by atoms with Crippen molar-refractivity contribution in [1.29, 1.82) is 0 Å². The molecular formula is C17H18FNO. The highest BCUT2D eigenvalue weighted by Crippen LogP contribution is 2.40. The van der Waals surface area contributed by atoms with Crippen molar-refractivity contribution in [2.75, 3.05) is 6.61 Å². The maximum absolute atomic E-state index is 13.7. The number of fused-ring (bicyclic) bond motifs is 1. The minimum absolute atomic E-state index is 0.121. The second-order valence-corrected chi connectivity index (χ2v) is 5.45. The number of aryl methyl sites for hydroxylation is 2. The van der Waals surface area contributed by atoms with Crippen molar-refractivity contribution in [3.63, 3.8) is 0 Å². The molecule has 0 radical (unpaired) electrons. The normalized spacial score (nSPS) is 18.5. The van der Waals surface area contributed by atoms with Gasteiger partial charge in [0.05, 0.1) is 6.61 Å². The lowest BCUT2D eigenvalue weighted by Gasteiger charge is -2.20. The molecular weight excluding hydrogens is 253 g/mol. The van der Waals surface area contributed by atoms with Gasteiger partial charge in [-0.1, -0.05) is 30.3 Å². The Morgan fingerprint density at radius 1 is 1.20 bits per heavy atom. The number of rotatable bonds is 2. The van der Waals surface area contributed by atoms with Crippen LogP contribution in [0.2, 0.25) is 0 Å². The highest BCUT2D eigenvalue weighted by atomic mass is 19.1. The van der Waals surface area contributed by atoms with E-state index in [1.807, 2.05) is 30.3 Å². The van der Waals surface area contributed by atoms with Crippen LogP contribution in [0.1, 0.15) is 34.2 Å². The summed E-state index contributed by atoms with van der Waals surface area (Å²) in [7, 11) is 0. The lowest BCUT2D eigenvalue weighted by atomic mass is 9.88. The first-order valence-electron chi connectivity index (χ1n) is 6.82. The van der Waals surface area contributed by atoms with E-state index in [9.17, 15) is 4.39 Å². The first-order chi connectivity index (χ1) is 9.58. The van der Waals surface area contributed by atoms with Crippen LogP contribution in [0.4, 0.5) is 4.39 Å². The molecule has 0 bridgehead atoms. The average Bonchev–Trinajstić information content (AvgIpc) is 2.87. The van der Waals surface area contributed by atoms with Gasteiger partial charge >= 0.3 is 0 Å². The summed E-state index contributed by atoms with van der Waals surface area (Å²) >= 11 is 0. The van der Waals surface area contributed by atoms with Gasteiger partial charge in [-0.3, -0.25) is 0 Å². The van der Waals surface area contributed by atoms with Crippen LogP contribution >= 0.6 is 0 Å². The van der Waals surface area contributed by atoms with Crippen LogP contribution in [0.3, 0.4) is 0 Å². The smallest absolute Gasteiger partial charge is 0.129 e. The van der Waals surface area contributed by atoms with Crippen molar-refractivity contribution in [1.82, 2.24) is 0 Å². The Balaban J connectivity index is 1.96. The number of benzene rings is 2. The third-order valence-corrected chi connectivity index (χ3v) is 4.01. The lowest BCUT2D eigenvalue weighted by Crippen LogP contribution is -2.21. The number of hydrogen-bond acceptors (Lipinski definition) is 2. The molecule has 0 amide bonds. The predicted octanol–water partition coefficient (Wildman–Crippen LogP) is 3.62. The average molecular weight is 271 g/mol. The van der Waals surface area contributed by atoms with Gasteiger partial charge in [-0.05, 0) is 36.6 Å². The molecule has 3 heteroatoms. The Labute approximate surface area is 118 Å². The third-order valence-electron chi connectivity index (χ3n) is 4.01. The number of nitrogens with two attached hydrogens (primary N) is 1. The van der Waals surface area contributed by atoms with Gasteiger partial charge in [0.25, 0.3) is 0 Å². The quantitative estimate of drug-likeness (QED) is 0.905. The summed E-state index contributed by atoms with van der Waals surface area (Å²) in [4.78, 5) is 0. The van der Waals surface area contributed by atoms with Crippen LogP contribution in [-0.4, -0.2) is 6.61 Å². The van der Waals surface area contributed by atoms with Crippen LogP contribution < -0.4 is 10.5 Å². The fourth-order valence-electron chi connectivity index (χ4n) is 2.89. The van der Waals surface area contributed by atoms with E-state index in [0.29, 0.717) is 17.7 Å². The van der Waals surface area contributed by atoms with E-state index < -0.39 is 0 Å². The van der Waals surface area contributed by atoms with Gasteiger partial charge in [0.2, 0.25) is 0 Å². The van der Waals surface area contributed by atoms with E-state index in [1.54, 1.807) is 13.8 Å². The van der Waals surface area contributed by atoms with Crippen molar-refractivity contribution >= 4 is 0 Å². The van der Waals surface area contributed by atoms with Gasteiger partial charge in [-0.2, -0.15) is 0 Å². The Kier molecular flexibility index (Phi) is 3.22. The summed E-state index contributed by atoms with van der Waals surface area (Å²) in [6.07, 6.45) is 0. The Hall–Kier alpha value is -1.87. The topological polar surface area (TPSA) is 35.2 Å². The monoisotopic (exact) mass is 271 g/mol. The number of para-hydroxylation sites is 1. The fourth-order valence-corrected chi connectivity index (χ4v) is 2.89. The summed E-state index contributed by atoms with van der Waals surface area (Å²) in [6, 6.07) is 11.5. The molecule has 1 heterocycles. The summed E-state index contributed by atoms with van der Waals surface area (Å²) in [6.45, 7) is 4.13. The highest BCUT2D eigenvalue weighted by molar-refractivity contribution is 5.43. The van der Waals surface area contributed by atoms with Gasteiger partial charge in [0, 0.05) is 17.5 Å². The lowest BCUT2D eigenvalue weighted by molar-refractivity contribution is 0.315. The molecule has 20 heavy (non-hydrogen) atoms. The predicted molar refractivity (Wildman–Crippen MR) is 77.5 cm³/mol. The Morgan fingerprint density at radius 2 is 1.85 bits per heavy atom. The van der Waals surface area contributed by atoms with E-state index in [4.69, 9.17) is 10.5 Å². The molecule has 1 aliphatic rings. The molecule has 2 aromatic carbocycles. The van der Waals surface area contributed by atoms with E-state index >= 15 is 0 Å². The maximum atomic E-state index is 13.7. The number of hydrogen-bond donors (Lipinski definition) is 1. The molecule has 0 aromatic heterocycles.